The molecule has 1 aromatic heterocycles. The highest BCUT2D eigenvalue weighted by Crippen LogP contribution is 2.15. The summed E-state index contributed by atoms with van der Waals surface area (Å²) >= 11 is 5.78. The standard InChI is InChI=1S/C18H19ClN2O4/c19-14-3-5-16(6-4-14)25-13-11-21-18(23)9-10-20-17(22)8-7-15-2-1-12-24-15/h1-8,12H,9-11,13H2,(H,20,22)(H,21,23). The fraction of sp³-hybridized carbons (Fsp3) is 0.222. The molecule has 2 rings (SSSR count). The molecule has 7 heteroatoms. The van der Waals surface area contributed by atoms with Gasteiger partial charge in [-0.2, -0.15) is 0 Å². The van der Waals surface area contributed by atoms with Gasteiger partial charge in [-0.1, -0.05) is 11.6 Å². The topological polar surface area (TPSA) is 80.6 Å². The molecule has 0 fully saturated rings. The van der Waals surface area contributed by atoms with E-state index in [-0.39, 0.29) is 24.8 Å². The first-order valence-corrected chi connectivity index (χ1v) is 8.16. The quantitative estimate of drug-likeness (QED) is 0.531. The summed E-state index contributed by atoms with van der Waals surface area (Å²) in [5.74, 6) is 0.841. The SMILES string of the molecule is O=C(C=Cc1ccco1)NCCC(=O)NCCOc1ccc(Cl)cc1. The molecule has 1 heterocycles. The lowest BCUT2D eigenvalue weighted by molar-refractivity contribution is -0.121. The first-order valence-electron chi connectivity index (χ1n) is 7.78. The van der Waals surface area contributed by atoms with Crippen molar-refractivity contribution in [3.63, 3.8) is 0 Å². The third-order valence-electron chi connectivity index (χ3n) is 3.10. The minimum absolute atomic E-state index is 0.157. The Labute approximate surface area is 150 Å². The highest BCUT2D eigenvalue weighted by molar-refractivity contribution is 6.30. The first kappa shape index (κ1) is 18.6. The normalized spacial score (nSPS) is 10.6. The summed E-state index contributed by atoms with van der Waals surface area (Å²) in [5.41, 5.74) is 0. The van der Waals surface area contributed by atoms with Gasteiger partial charge in [-0.05, 0) is 42.5 Å². The van der Waals surface area contributed by atoms with E-state index in [0.717, 1.165) is 0 Å². The van der Waals surface area contributed by atoms with E-state index >= 15 is 0 Å². The predicted octanol–water partition coefficient (Wildman–Crippen LogP) is 2.65. The van der Waals surface area contributed by atoms with Crippen molar-refractivity contribution in [2.45, 2.75) is 6.42 Å². The van der Waals surface area contributed by atoms with Gasteiger partial charge >= 0.3 is 0 Å². The number of hydrogen-bond acceptors (Lipinski definition) is 4. The van der Waals surface area contributed by atoms with Gasteiger partial charge in [0.25, 0.3) is 0 Å². The summed E-state index contributed by atoms with van der Waals surface area (Å²) < 4.78 is 10.5. The van der Waals surface area contributed by atoms with Crippen LogP contribution in [-0.4, -0.2) is 31.5 Å². The van der Waals surface area contributed by atoms with Gasteiger partial charge in [0, 0.05) is 24.1 Å². The maximum absolute atomic E-state index is 11.7. The average Bonchev–Trinajstić information content (AvgIpc) is 3.12. The van der Waals surface area contributed by atoms with Crippen molar-refractivity contribution in [3.8, 4) is 5.75 Å². The number of nitrogens with one attached hydrogen (secondary N) is 2. The molecule has 0 spiro atoms. The first-order chi connectivity index (χ1) is 12.1. The van der Waals surface area contributed by atoms with Gasteiger partial charge in [0.15, 0.2) is 0 Å². The summed E-state index contributed by atoms with van der Waals surface area (Å²) in [6.45, 7) is 0.991. The van der Waals surface area contributed by atoms with Crippen LogP contribution in [0, 0.1) is 0 Å². The average molecular weight is 363 g/mol. The van der Waals surface area contributed by atoms with Crippen LogP contribution in [0.2, 0.25) is 5.02 Å². The summed E-state index contributed by atoms with van der Waals surface area (Å²) in [4.78, 5) is 23.2. The van der Waals surface area contributed by atoms with Gasteiger partial charge in [-0.15, -0.1) is 0 Å². The molecule has 0 bridgehead atoms. The second-order valence-corrected chi connectivity index (χ2v) is 5.48. The second kappa shape index (κ2) is 10.2. The Morgan fingerprint density at radius 1 is 1.12 bits per heavy atom. The summed E-state index contributed by atoms with van der Waals surface area (Å²) in [7, 11) is 0. The number of benzene rings is 1. The van der Waals surface area contributed by atoms with E-state index in [1.165, 1.54) is 12.3 Å². The number of rotatable bonds is 9. The molecule has 2 aromatic rings. The summed E-state index contributed by atoms with van der Waals surface area (Å²) in [6, 6.07) is 10.5. The molecule has 1 aromatic carbocycles. The largest absolute Gasteiger partial charge is 0.492 e. The number of furan rings is 1. The highest BCUT2D eigenvalue weighted by Gasteiger charge is 2.02. The van der Waals surface area contributed by atoms with Gasteiger partial charge in [0.05, 0.1) is 12.8 Å². The van der Waals surface area contributed by atoms with E-state index < -0.39 is 0 Å². The molecular weight excluding hydrogens is 344 g/mol. The number of halogens is 1. The van der Waals surface area contributed by atoms with Crippen molar-refractivity contribution < 1.29 is 18.7 Å². The minimum Gasteiger partial charge on any atom is -0.492 e. The van der Waals surface area contributed by atoms with Crippen molar-refractivity contribution in [2.24, 2.45) is 0 Å². The maximum atomic E-state index is 11.7. The molecule has 2 amide bonds. The zero-order chi connectivity index (χ0) is 17.9. The zero-order valence-corrected chi connectivity index (χ0v) is 14.3. The Kier molecular flexibility index (Phi) is 7.59. The number of hydrogen-bond donors (Lipinski definition) is 2. The van der Waals surface area contributed by atoms with Gasteiger partial charge in [0.2, 0.25) is 11.8 Å². The molecule has 0 aliphatic heterocycles. The molecule has 0 saturated heterocycles. The van der Waals surface area contributed by atoms with Gasteiger partial charge in [-0.25, -0.2) is 0 Å². The van der Waals surface area contributed by atoms with Crippen LogP contribution in [-0.2, 0) is 9.59 Å². The number of amides is 2. The molecule has 0 atom stereocenters. The van der Waals surface area contributed by atoms with Gasteiger partial charge in [0.1, 0.15) is 18.1 Å². The van der Waals surface area contributed by atoms with Crippen molar-refractivity contribution in [3.05, 3.63) is 59.5 Å². The highest BCUT2D eigenvalue weighted by atomic mass is 35.5. The molecule has 2 N–H and O–H groups in total. The third kappa shape index (κ3) is 7.58. The van der Waals surface area contributed by atoms with Crippen LogP contribution >= 0.6 is 11.6 Å². The fourth-order valence-electron chi connectivity index (χ4n) is 1.88. The molecule has 25 heavy (non-hydrogen) atoms. The van der Waals surface area contributed by atoms with Gasteiger partial charge in [-0.3, -0.25) is 9.59 Å². The Morgan fingerprint density at radius 3 is 2.64 bits per heavy atom. The van der Waals surface area contributed by atoms with Crippen LogP contribution in [0.15, 0.2) is 53.2 Å². The smallest absolute Gasteiger partial charge is 0.244 e. The predicted molar refractivity (Wildman–Crippen MR) is 95.3 cm³/mol. The molecule has 0 unspecified atom stereocenters. The van der Waals surface area contributed by atoms with Crippen LogP contribution < -0.4 is 15.4 Å². The lowest BCUT2D eigenvalue weighted by Gasteiger charge is -2.08. The summed E-state index contributed by atoms with van der Waals surface area (Å²) in [5, 5.41) is 5.98. The van der Waals surface area contributed by atoms with Crippen LogP contribution in [0.1, 0.15) is 12.2 Å². The Balaban J connectivity index is 1.53. The van der Waals surface area contributed by atoms with E-state index in [2.05, 4.69) is 10.6 Å². The summed E-state index contributed by atoms with van der Waals surface area (Å²) in [6.07, 6.45) is 4.64. The minimum atomic E-state index is -0.282. The van der Waals surface area contributed by atoms with Gasteiger partial charge < -0.3 is 19.8 Å². The molecule has 0 radical (unpaired) electrons. The third-order valence-corrected chi connectivity index (χ3v) is 3.35. The molecule has 0 aliphatic rings. The van der Waals surface area contributed by atoms with Crippen molar-refractivity contribution in [1.29, 1.82) is 0 Å². The number of carbonyl (C=O) groups excluding carboxylic acids is 2. The lowest BCUT2D eigenvalue weighted by atomic mass is 10.3. The van der Waals surface area contributed by atoms with Crippen molar-refractivity contribution in [2.75, 3.05) is 19.7 Å². The molecule has 0 aliphatic carbocycles. The molecule has 132 valence electrons. The van der Waals surface area contributed by atoms with E-state index in [9.17, 15) is 9.59 Å². The molecule has 0 saturated carbocycles. The number of carbonyl (C=O) groups is 2. The lowest BCUT2D eigenvalue weighted by Crippen LogP contribution is -2.32. The zero-order valence-electron chi connectivity index (χ0n) is 13.5. The van der Waals surface area contributed by atoms with E-state index in [1.54, 1.807) is 42.5 Å². The van der Waals surface area contributed by atoms with E-state index in [0.29, 0.717) is 29.7 Å². The second-order valence-electron chi connectivity index (χ2n) is 5.04. The Hall–Kier alpha value is -2.73. The van der Waals surface area contributed by atoms with Crippen LogP contribution in [0.3, 0.4) is 0 Å². The maximum Gasteiger partial charge on any atom is 0.244 e. The number of ether oxygens (including phenoxy) is 1. The fourth-order valence-corrected chi connectivity index (χ4v) is 2.01. The van der Waals surface area contributed by atoms with E-state index in [4.69, 9.17) is 20.8 Å². The van der Waals surface area contributed by atoms with Crippen molar-refractivity contribution >= 4 is 29.5 Å². The van der Waals surface area contributed by atoms with Crippen molar-refractivity contribution in [1.82, 2.24) is 10.6 Å². The Bertz CT molecular complexity index is 696. The van der Waals surface area contributed by atoms with E-state index in [1.807, 2.05) is 0 Å². The van der Waals surface area contributed by atoms with Crippen LogP contribution in [0.25, 0.3) is 6.08 Å². The van der Waals surface area contributed by atoms with Crippen LogP contribution in [0.4, 0.5) is 0 Å². The molecule has 6 nitrogen and oxygen atoms in total. The van der Waals surface area contributed by atoms with Crippen LogP contribution in [0.5, 0.6) is 5.75 Å². The monoisotopic (exact) mass is 362 g/mol. The Morgan fingerprint density at radius 2 is 1.92 bits per heavy atom. The molecular formula is C18H19ClN2O4.